The normalized spacial score (nSPS) is 25.7. The molecule has 18 heavy (non-hydrogen) atoms. The summed E-state index contributed by atoms with van der Waals surface area (Å²) >= 11 is 3.45. The molecule has 1 unspecified atom stereocenters. The molecule has 1 saturated carbocycles. The quantitative estimate of drug-likeness (QED) is 0.827. The molecule has 1 aromatic carbocycles. The lowest BCUT2D eigenvalue weighted by molar-refractivity contribution is -0.0508. The summed E-state index contributed by atoms with van der Waals surface area (Å²) in [5.74, 6) is 0.917. The minimum absolute atomic E-state index is 0.214. The van der Waals surface area contributed by atoms with Gasteiger partial charge in [-0.1, -0.05) is 34.8 Å². The van der Waals surface area contributed by atoms with Gasteiger partial charge >= 0.3 is 0 Å². The molecule has 3 rings (SSSR count). The molecular weight excluding hydrogens is 292 g/mol. The van der Waals surface area contributed by atoms with Crippen LogP contribution in [0.1, 0.15) is 38.5 Å². The largest absolute Gasteiger partial charge is 0.491 e. The van der Waals surface area contributed by atoms with Crippen LogP contribution in [-0.2, 0) is 4.74 Å². The molecule has 0 aromatic heterocycles. The molecule has 0 bridgehead atoms. The van der Waals surface area contributed by atoms with E-state index in [-0.39, 0.29) is 11.7 Å². The third-order valence-electron chi connectivity index (χ3n) is 4.09. The van der Waals surface area contributed by atoms with Gasteiger partial charge in [-0.15, -0.1) is 0 Å². The van der Waals surface area contributed by atoms with E-state index in [9.17, 15) is 0 Å². The van der Waals surface area contributed by atoms with Gasteiger partial charge < -0.3 is 9.47 Å². The third-order valence-corrected chi connectivity index (χ3v) is 4.58. The van der Waals surface area contributed by atoms with Gasteiger partial charge in [0.2, 0.25) is 0 Å². The van der Waals surface area contributed by atoms with Crippen LogP contribution in [0.5, 0.6) is 5.75 Å². The number of halogens is 1. The first-order valence-corrected chi connectivity index (χ1v) is 7.61. The van der Waals surface area contributed by atoms with Crippen LogP contribution in [-0.4, -0.2) is 18.3 Å². The van der Waals surface area contributed by atoms with E-state index in [0.717, 1.165) is 16.6 Å². The summed E-state index contributed by atoms with van der Waals surface area (Å²) in [5.41, 5.74) is 0.214. The fourth-order valence-electron chi connectivity index (χ4n) is 3.15. The van der Waals surface area contributed by atoms with E-state index in [2.05, 4.69) is 15.9 Å². The summed E-state index contributed by atoms with van der Waals surface area (Å²) in [4.78, 5) is 0. The van der Waals surface area contributed by atoms with Crippen molar-refractivity contribution in [2.45, 2.75) is 50.2 Å². The van der Waals surface area contributed by atoms with Crippen molar-refractivity contribution < 1.29 is 9.47 Å². The molecule has 0 N–H and O–H groups in total. The molecule has 1 aliphatic carbocycles. The summed E-state index contributed by atoms with van der Waals surface area (Å²) in [5, 5.41) is 0. The lowest BCUT2D eigenvalue weighted by atomic mass is 9.98. The summed E-state index contributed by atoms with van der Waals surface area (Å²) in [6.45, 7) is 0.679. The molecule has 2 aliphatic rings. The smallest absolute Gasteiger partial charge is 0.120 e. The average Bonchev–Trinajstić information content (AvgIpc) is 2.98. The number of hydrogen-bond donors (Lipinski definition) is 0. The van der Waals surface area contributed by atoms with E-state index in [0.29, 0.717) is 6.61 Å². The van der Waals surface area contributed by atoms with Gasteiger partial charge in [0.05, 0.1) is 11.7 Å². The molecule has 1 aliphatic heterocycles. The molecule has 3 heteroatoms. The maximum absolute atomic E-state index is 6.23. The van der Waals surface area contributed by atoms with Crippen LogP contribution in [0.25, 0.3) is 0 Å². The molecular formula is C15H19BrO2. The molecule has 2 nitrogen and oxygen atoms in total. The molecule has 0 radical (unpaired) electrons. The van der Waals surface area contributed by atoms with Crippen LogP contribution in [0.4, 0.5) is 0 Å². The number of benzene rings is 1. The second-order valence-electron chi connectivity index (χ2n) is 5.44. The van der Waals surface area contributed by atoms with Gasteiger partial charge in [0.25, 0.3) is 0 Å². The molecule has 0 amide bonds. The zero-order valence-electron chi connectivity index (χ0n) is 10.5. The molecule has 1 heterocycles. The van der Waals surface area contributed by atoms with Crippen molar-refractivity contribution in [1.29, 1.82) is 0 Å². The van der Waals surface area contributed by atoms with E-state index in [1.54, 1.807) is 0 Å². The third kappa shape index (κ3) is 2.72. The van der Waals surface area contributed by atoms with Crippen molar-refractivity contribution in [1.82, 2.24) is 0 Å². The second kappa shape index (κ2) is 5.22. The van der Waals surface area contributed by atoms with Crippen LogP contribution < -0.4 is 4.74 Å². The van der Waals surface area contributed by atoms with Gasteiger partial charge in [0.1, 0.15) is 12.4 Å². The number of hydrogen-bond acceptors (Lipinski definition) is 2. The highest BCUT2D eigenvalue weighted by Gasteiger charge is 2.42. The lowest BCUT2D eigenvalue weighted by Crippen LogP contribution is -2.27. The highest BCUT2D eigenvalue weighted by molar-refractivity contribution is 9.10. The summed E-state index contributed by atoms with van der Waals surface area (Å²) < 4.78 is 13.1. The van der Waals surface area contributed by atoms with Crippen molar-refractivity contribution in [3.63, 3.8) is 0 Å². The van der Waals surface area contributed by atoms with Crippen LogP contribution in [0.2, 0.25) is 0 Å². The van der Waals surface area contributed by atoms with Crippen molar-refractivity contribution in [3.05, 3.63) is 28.7 Å². The first kappa shape index (κ1) is 12.5. The fourth-order valence-corrected chi connectivity index (χ4v) is 3.52. The summed E-state index contributed by atoms with van der Waals surface area (Å²) in [7, 11) is 0. The van der Waals surface area contributed by atoms with Crippen LogP contribution >= 0.6 is 15.9 Å². The zero-order valence-corrected chi connectivity index (χ0v) is 12.1. The number of ether oxygens (including phenoxy) is 2. The first-order chi connectivity index (χ1) is 8.76. The monoisotopic (exact) mass is 310 g/mol. The van der Waals surface area contributed by atoms with Gasteiger partial charge in [0.15, 0.2) is 0 Å². The van der Waals surface area contributed by atoms with E-state index in [4.69, 9.17) is 9.47 Å². The van der Waals surface area contributed by atoms with Crippen molar-refractivity contribution in [2.75, 3.05) is 6.61 Å². The molecule has 1 spiro atoms. The maximum Gasteiger partial charge on any atom is 0.120 e. The lowest BCUT2D eigenvalue weighted by Gasteiger charge is -2.23. The van der Waals surface area contributed by atoms with E-state index < -0.39 is 0 Å². The van der Waals surface area contributed by atoms with Crippen LogP contribution in [0.3, 0.4) is 0 Å². The van der Waals surface area contributed by atoms with Crippen molar-refractivity contribution >= 4 is 15.9 Å². The summed E-state index contributed by atoms with van der Waals surface area (Å²) in [6.07, 6.45) is 7.81. The molecule has 1 saturated heterocycles. The predicted octanol–water partition coefficient (Wildman–Crippen LogP) is 4.32. The van der Waals surface area contributed by atoms with Gasteiger partial charge in [-0.2, -0.15) is 0 Å². The Balaban J connectivity index is 1.52. The highest BCUT2D eigenvalue weighted by atomic mass is 79.9. The Morgan fingerprint density at radius 1 is 1.28 bits per heavy atom. The number of rotatable bonds is 3. The van der Waals surface area contributed by atoms with Crippen LogP contribution in [0, 0.1) is 0 Å². The Kier molecular flexibility index (Phi) is 3.62. The Bertz CT molecular complexity index is 413. The van der Waals surface area contributed by atoms with E-state index in [1.165, 1.54) is 32.1 Å². The Labute approximate surface area is 117 Å². The Morgan fingerprint density at radius 3 is 2.89 bits per heavy atom. The maximum atomic E-state index is 6.23. The fraction of sp³-hybridized carbons (Fsp3) is 0.600. The minimum Gasteiger partial charge on any atom is -0.491 e. The van der Waals surface area contributed by atoms with Crippen molar-refractivity contribution in [3.8, 4) is 5.75 Å². The molecule has 1 aromatic rings. The average molecular weight is 311 g/mol. The SMILES string of the molecule is Brc1cccc(OCC2CCC3(CCCC3)O2)c1. The van der Waals surface area contributed by atoms with E-state index in [1.807, 2.05) is 24.3 Å². The van der Waals surface area contributed by atoms with E-state index >= 15 is 0 Å². The Morgan fingerprint density at radius 2 is 2.11 bits per heavy atom. The second-order valence-corrected chi connectivity index (χ2v) is 6.35. The predicted molar refractivity (Wildman–Crippen MR) is 74.9 cm³/mol. The Hall–Kier alpha value is -0.540. The minimum atomic E-state index is 0.214. The molecule has 1 atom stereocenters. The van der Waals surface area contributed by atoms with Gasteiger partial charge in [-0.3, -0.25) is 0 Å². The van der Waals surface area contributed by atoms with Gasteiger partial charge in [0, 0.05) is 4.47 Å². The first-order valence-electron chi connectivity index (χ1n) is 6.82. The van der Waals surface area contributed by atoms with Crippen molar-refractivity contribution in [2.24, 2.45) is 0 Å². The van der Waals surface area contributed by atoms with Crippen LogP contribution in [0.15, 0.2) is 28.7 Å². The summed E-state index contributed by atoms with van der Waals surface area (Å²) in [6, 6.07) is 7.99. The zero-order chi connectivity index (χ0) is 12.4. The standard InChI is InChI=1S/C15H19BrO2/c16-12-4-3-5-13(10-12)17-11-14-6-9-15(18-14)7-1-2-8-15/h3-5,10,14H,1-2,6-9,11H2. The van der Waals surface area contributed by atoms with Gasteiger partial charge in [-0.05, 0) is 43.9 Å². The van der Waals surface area contributed by atoms with Gasteiger partial charge in [-0.25, -0.2) is 0 Å². The highest BCUT2D eigenvalue weighted by Crippen LogP contribution is 2.43. The topological polar surface area (TPSA) is 18.5 Å². The molecule has 98 valence electrons. The molecule has 2 fully saturated rings.